The molecule has 0 aliphatic heterocycles. The minimum atomic E-state index is -1.15. The number of hydrogen-bond acceptors (Lipinski definition) is 4. The van der Waals surface area contributed by atoms with Crippen molar-refractivity contribution in [3.8, 4) is 23.3 Å². The highest BCUT2D eigenvalue weighted by Crippen LogP contribution is 2.33. The highest BCUT2D eigenvalue weighted by atomic mass is 16.5. The van der Waals surface area contributed by atoms with Gasteiger partial charge in [0.05, 0.1) is 5.56 Å². The summed E-state index contributed by atoms with van der Waals surface area (Å²) in [6.45, 7) is 1.82. The van der Waals surface area contributed by atoms with E-state index in [0.717, 1.165) is 0 Å². The molecule has 0 fully saturated rings. The predicted octanol–water partition coefficient (Wildman–Crippen LogP) is 4.11. The van der Waals surface area contributed by atoms with Gasteiger partial charge < -0.3 is 14.6 Å². The fraction of sp³-hybridized carbons (Fsp3) is 0.111. The zero-order valence-corrected chi connectivity index (χ0v) is 12.5. The molecule has 2 aromatic rings. The lowest BCUT2D eigenvalue weighted by atomic mass is 10.2. The molecule has 0 heterocycles. The zero-order chi connectivity index (χ0) is 16.7. The molecule has 0 bridgehead atoms. The number of para-hydroxylation sites is 3. The van der Waals surface area contributed by atoms with Crippen LogP contribution < -0.4 is 9.47 Å². The fourth-order valence-corrected chi connectivity index (χ4v) is 1.86. The number of carboxylic acids is 1. The molecule has 0 atom stereocenters. The van der Waals surface area contributed by atoms with Crippen LogP contribution in [0.25, 0.3) is 0 Å². The van der Waals surface area contributed by atoms with E-state index in [-0.39, 0.29) is 11.5 Å². The molecular formula is C18H15NO4. The van der Waals surface area contributed by atoms with Crippen LogP contribution in [0, 0.1) is 11.3 Å². The first kappa shape index (κ1) is 16.1. The van der Waals surface area contributed by atoms with E-state index in [4.69, 9.17) is 19.8 Å². The Labute approximate surface area is 134 Å². The van der Waals surface area contributed by atoms with E-state index >= 15 is 0 Å². The molecule has 0 spiro atoms. The Balaban J connectivity index is 2.33. The van der Waals surface area contributed by atoms with Crippen LogP contribution in [0.4, 0.5) is 0 Å². The van der Waals surface area contributed by atoms with Crippen LogP contribution in [-0.4, -0.2) is 11.1 Å². The van der Waals surface area contributed by atoms with Gasteiger partial charge in [-0.15, -0.1) is 0 Å². The summed E-state index contributed by atoms with van der Waals surface area (Å²) >= 11 is 0. The van der Waals surface area contributed by atoms with Gasteiger partial charge in [0, 0.05) is 0 Å². The zero-order valence-electron chi connectivity index (χ0n) is 12.5. The van der Waals surface area contributed by atoms with Gasteiger partial charge in [-0.1, -0.05) is 31.2 Å². The van der Waals surface area contributed by atoms with E-state index in [1.54, 1.807) is 48.5 Å². The largest absolute Gasteiger partial charge is 0.475 e. The van der Waals surface area contributed by atoms with Crippen molar-refractivity contribution in [1.82, 2.24) is 0 Å². The number of nitrogens with zero attached hydrogens (tertiary/aromatic N) is 1. The second kappa shape index (κ2) is 7.66. The summed E-state index contributed by atoms with van der Waals surface area (Å²) in [7, 11) is 0. The molecule has 0 aliphatic rings. The van der Waals surface area contributed by atoms with Crippen molar-refractivity contribution in [2.75, 3.05) is 0 Å². The molecule has 2 aromatic carbocycles. The molecule has 0 radical (unpaired) electrons. The number of hydrogen-bond donors (Lipinski definition) is 1. The Kier molecular flexibility index (Phi) is 5.37. The van der Waals surface area contributed by atoms with Gasteiger partial charge in [-0.2, -0.15) is 5.26 Å². The van der Waals surface area contributed by atoms with Gasteiger partial charge in [0.25, 0.3) is 0 Å². The van der Waals surface area contributed by atoms with E-state index in [9.17, 15) is 4.79 Å². The third kappa shape index (κ3) is 4.11. The third-order valence-electron chi connectivity index (χ3n) is 2.90. The van der Waals surface area contributed by atoms with E-state index in [1.807, 2.05) is 13.0 Å². The lowest BCUT2D eigenvalue weighted by molar-refractivity contribution is -0.135. The second-order valence-electron chi connectivity index (χ2n) is 4.54. The van der Waals surface area contributed by atoms with Crippen molar-refractivity contribution < 1.29 is 19.4 Å². The average Bonchev–Trinajstić information content (AvgIpc) is 2.56. The molecule has 23 heavy (non-hydrogen) atoms. The highest BCUT2D eigenvalue weighted by molar-refractivity contribution is 5.84. The summed E-state index contributed by atoms with van der Waals surface area (Å²) in [6, 6.07) is 15.5. The number of aliphatic carboxylic acids is 1. The van der Waals surface area contributed by atoms with Crippen molar-refractivity contribution in [2.24, 2.45) is 0 Å². The van der Waals surface area contributed by atoms with Crippen LogP contribution in [0.5, 0.6) is 17.2 Å². The van der Waals surface area contributed by atoms with Crippen LogP contribution in [0.3, 0.4) is 0 Å². The van der Waals surface area contributed by atoms with Crippen LogP contribution in [-0.2, 0) is 4.79 Å². The normalized spacial score (nSPS) is 10.7. The molecule has 0 aliphatic carbocycles. The number of rotatable bonds is 6. The molecule has 2 rings (SSSR count). The van der Waals surface area contributed by atoms with Crippen molar-refractivity contribution in [3.05, 3.63) is 65.9 Å². The summed E-state index contributed by atoms with van der Waals surface area (Å²) in [5.74, 6) is -0.348. The van der Waals surface area contributed by atoms with Gasteiger partial charge in [-0.25, -0.2) is 4.79 Å². The van der Waals surface area contributed by atoms with Crippen molar-refractivity contribution in [2.45, 2.75) is 13.3 Å². The maximum Gasteiger partial charge on any atom is 0.371 e. The van der Waals surface area contributed by atoms with Gasteiger partial charge in [-0.05, 0) is 36.8 Å². The van der Waals surface area contributed by atoms with Crippen molar-refractivity contribution in [3.63, 3.8) is 0 Å². The van der Waals surface area contributed by atoms with Crippen molar-refractivity contribution in [1.29, 1.82) is 5.26 Å². The number of allylic oxidation sites excluding steroid dienone is 1. The van der Waals surface area contributed by atoms with Crippen LogP contribution in [0.15, 0.2) is 60.4 Å². The number of benzene rings is 2. The second-order valence-corrected chi connectivity index (χ2v) is 4.54. The molecule has 0 unspecified atom stereocenters. The van der Waals surface area contributed by atoms with Crippen LogP contribution >= 0.6 is 0 Å². The predicted molar refractivity (Wildman–Crippen MR) is 84.3 cm³/mol. The maximum atomic E-state index is 11.2. The Morgan fingerprint density at radius 3 is 2.35 bits per heavy atom. The Morgan fingerprint density at radius 2 is 1.74 bits per heavy atom. The fourth-order valence-electron chi connectivity index (χ4n) is 1.86. The topological polar surface area (TPSA) is 79.5 Å². The monoisotopic (exact) mass is 309 g/mol. The van der Waals surface area contributed by atoms with Crippen molar-refractivity contribution >= 4 is 5.97 Å². The summed E-state index contributed by atoms with van der Waals surface area (Å²) < 4.78 is 11.2. The van der Waals surface area contributed by atoms with E-state index in [2.05, 4.69) is 0 Å². The number of ether oxygens (including phenoxy) is 2. The highest BCUT2D eigenvalue weighted by Gasteiger charge is 2.14. The molecule has 5 nitrogen and oxygen atoms in total. The summed E-state index contributed by atoms with van der Waals surface area (Å²) in [6.07, 6.45) is 2.00. The lowest BCUT2D eigenvalue weighted by Gasteiger charge is -2.13. The summed E-state index contributed by atoms with van der Waals surface area (Å²) in [5.41, 5.74) is 0.380. The first-order valence-corrected chi connectivity index (χ1v) is 7.03. The average molecular weight is 309 g/mol. The molecule has 0 saturated heterocycles. The molecule has 0 aromatic heterocycles. The molecule has 5 heteroatoms. The molecule has 0 amide bonds. The standard InChI is InChI=1S/C18H15NO4/c1-2-7-17(18(20)21)23-16-11-6-5-10-15(16)22-14-9-4-3-8-13(14)12-19/h3-11H,2H2,1H3,(H,20,21)/b17-7-. The van der Waals surface area contributed by atoms with E-state index < -0.39 is 5.97 Å². The van der Waals surface area contributed by atoms with E-state index in [0.29, 0.717) is 23.5 Å². The molecular weight excluding hydrogens is 294 g/mol. The Morgan fingerprint density at radius 1 is 1.13 bits per heavy atom. The van der Waals surface area contributed by atoms with Crippen LogP contribution in [0.1, 0.15) is 18.9 Å². The van der Waals surface area contributed by atoms with Gasteiger partial charge in [0.15, 0.2) is 11.5 Å². The summed E-state index contributed by atoms with van der Waals surface area (Å²) in [4.78, 5) is 11.2. The maximum absolute atomic E-state index is 11.2. The molecule has 0 saturated carbocycles. The molecule has 1 N–H and O–H groups in total. The van der Waals surface area contributed by atoms with Gasteiger partial charge in [-0.3, -0.25) is 0 Å². The number of carboxylic acid groups (broad SMARTS) is 1. The SMILES string of the molecule is CC/C=C(\Oc1ccccc1Oc1ccccc1C#N)C(=O)O. The Hall–Kier alpha value is -3.26. The first-order valence-electron chi connectivity index (χ1n) is 7.03. The summed E-state index contributed by atoms with van der Waals surface area (Å²) in [5, 5.41) is 18.3. The molecule has 116 valence electrons. The van der Waals surface area contributed by atoms with Gasteiger partial charge in [0.2, 0.25) is 5.76 Å². The van der Waals surface area contributed by atoms with E-state index in [1.165, 1.54) is 6.08 Å². The lowest BCUT2D eigenvalue weighted by Crippen LogP contribution is -2.08. The minimum Gasteiger partial charge on any atom is -0.475 e. The number of nitriles is 1. The number of carbonyl (C=O) groups is 1. The Bertz CT molecular complexity index is 775. The van der Waals surface area contributed by atoms with Crippen LogP contribution in [0.2, 0.25) is 0 Å². The first-order chi connectivity index (χ1) is 11.2. The smallest absolute Gasteiger partial charge is 0.371 e. The van der Waals surface area contributed by atoms with Gasteiger partial charge in [0.1, 0.15) is 11.8 Å². The third-order valence-corrected chi connectivity index (χ3v) is 2.90. The van der Waals surface area contributed by atoms with Gasteiger partial charge >= 0.3 is 5.97 Å². The quantitative estimate of drug-likeness (QED) is 0.641. The minimum absolute atomic E-state index is 0.169.